The molecular weight excluding hydrogens is 390 g/mol. The molecule has 1 N–H and O–H groups in total. The van der Waals surface area contributed by atoms with Crippen molar-refractivity contribution < 1.29 is 4.79 Å². The van der Waals surface area contributed by atoms with Gasteiger partial charge >= 0.3 is 0 Å². The third kappa shape index (κ3) is 3.79. The summed E-state index contributed by atoms with van der Waals surface area (Å²) in [5.74, 6) is 0.906. The van der Waals surface area contributed by atoms with Crippen LogP contribution in [-0.2, 0) is 4.79 Å². The number of fused-ring (bicyclic) bond motifs is 1. The Morgan fingerprint density at radius 2 is 1.93 bits per heavy atom. The largest absolute Gasteiger partial charge is 0.301 e. The highest BCUT2D eigenvalue weighted by Crippen LogP contribution is 2.29. The third-order valence-electron chi connectivity index (χ3n) is 4.22. The van der Waals surface area contributed by atoms with Gasteiger partial charge in [-0.3, -0.25) is 9.36 Å². The Bertz CT molecular complexity index is 1150. The molecule has 2 aromatic heterocycles. The fourth-order valence-corrected chi connectivity index (χ4v) is 4.88. The van der Waals surface area contributed by atoms with E-state index in [4.69, 9.17) is 0 Å². The van der Waals surface area contributed by atoms with Gasteiger partial charge in [-0.2, -0.15) is 0 Å². The minimum absolute atomic E-state index is 0.112. The number of hydrogen-bond donors (Lipinski definition) is 1. The minimum Gasteiger partial charge on any atom is -0.301 e. The standard InChI is InChI=1S/C20H19N5OS2/c1-12-9-13(2)18-16(10-12)28-19(22-18)21-17(26)11-27-20-24-23-14(3)25(20)15-7-5-4-6-8-15/h4-10H,11H2,1-3H3,(H,21,22,26). The van der Waals surface area contributed by atoms with Gasteiger partial charge in [0.2, 0.25) is 5.91 Å². The molecule has 0 radical (unpaired) electrons. The molecular formula is C20H19N5OS2. The second-order valence-corrected chi connectivity index (χ2v) is 8.46. The Labute approximate surface area is 171 Å². The lowest BCUT2D eigenvalue weighted by molar-refractivity contribution is -0.113. The Balaban J connectivity index is 1.47. The molecule has 0 saturated heterocycles. The second kappa shape index (κ2) is 7.73. The van der Waals surface area contributed by atoms with E-state index in [2.05, 4.69) is 39.6 Å². The van der Waals surface area contributed by atoms with E-state index >= 15 is 0 Å². The van der Waals surface area contributed by atoms with Crippen molar-refractivity contribution in [2.24, 2.45) is 0 Å². The molecule has 0 fully saturated rings. The van der Waals surface area contributed by atoms with Gasteiger partial charge in [-0.25, -0.2) is 4.98 Å². The smallest absolute Gasteiger partial charge is 0.236 e. The Hall–Kier alpha value is -2.71. The number of para-hydroxylation sites is 1. The summed E-state index contributed by atoms with van der Waals surface area (Å²) in [4.78, 5) is 17.0. The fourth-order valence-electron chi connectivity index (χ4n) is 3.02. The van der Waals surface area contributed by atoms with E-state index in [9.17, 15) is 4.79 Å². The first-order valence-corrected chi connectivity index (χ1v) is 10.6. The highest BCUT2D eigenvalue weighted by atomic mass is 32.2. The number of aromatic nitrogens is 4. The highest BCUT2D eigenvalue weighted by molar-refractivity contribution is 7.99. The summed E-state index contributed by atoms with van der Waals surface area (Å²) in [6.45, 7) is 6.00. The van der Waals surface area contributed by atoms with Crippen LogP contribution in [0.2, 0.25) is 0 Å². The number of thiazole rings is 1. The molecule has 0 aliphatic rings. The number of amides is 1. The summed E-state index contributed by atoms with van der Waals surface area (Å²) in [7, 11) is 0. The van der Waals surface area contributed by atoms with Crippen molar-refractivity contribution in [3.8, 4) is 5.69 Å². The van der Waals surface area contributed by atoms with Gasteiger partial charge in [0.1, 0.15) is 5.82 Å². The average molecular weight is 410 g/mol. The quantitative estimate of drug-likeness (QED) is 0.490. The molecule has 0 bridgehead atoms. The number of benzene rings is 2. The molecule has 8 heteroatoms. The van der Waals surface area contributed by atoms with Crippen LogP contribution in [0.5, 0.6) is 0 Å². The summed E-state index contributed by atoms with van der Waals surface area (Å²) in [5.41, 5.74) is 4.23. The monoisotopic (exact) mass is 409 g/mol. The molecule has 4 rings (SSSR count). The van der Waals surface area contributed by atoms with Gasteiger partial charge < -0.3 is 5.32 Å². The Morgan fingerprint density at radius 1 is 1.14 bits per heavy atom. The summed E-state index contributed by atoms with van der Waals surface area (Å²) in [6, 6.07) is 14.1. The second-order valence-electron chi connectivity index (χ2n) is 6.49. The number of rotatable bonds is 5. The summed E-state index contributed by atoms with van der Waals surface area (Å²) in [5, 5.41) is 12.6. The number of thioether (sulfide) groups is 1. The number of anilines is 1. The molecule has 0 aliphatic carbocycles. The predicted molar refractivity (Wildman–Crippen MR) is 115 cm³/mol. The minimum atomic E-state index is -0.112. The van der Waals surface area contributed by atoms with E-state index in [1.807, 2.05) is 48.7 Å². The van der Waals surface area contributed by atoms with E-state index in [1.165, 1.54) is 28.7 Å². The lowest BCUT2D eigenvalue weighted by Gasteiger charge is -2.07. The first kappa shape index (κ1) is 18.6. The lowest BCUT2D eigenvalue weighted by Crippen LogP contribution is -2.14. The van der Waals surface area contributed by atoms with Gasteiger partial charge in [-0.05, 0) is 50.1 Å². The Morgan fingerprint density at radius 3 is 2.71 bits per heavy atom. The fraction of sp³-hybridized carbons (Fsp3) is 0.200. The summed E-state index contributed by atoms with van der Waals surface area (Å²) in [6.07, 6.45) is 0. The Kier molecular flexibility index (Phi) is 5.15. The maximum Gasteiger partial charge on any atom is 0.236 e. The summed E-state index contributed by atoms with van der Waals surface area (Å²) < 4.78 is 3.03. The lowest BCUT2D eigenvalue weighted by atomic mass is 10.1. The first-order chi connectivity index (χ1) is 13.5. The van der Waals surface area contributed by atoms with Gasteiger partial charge in [-0.15, -0.1) is 10.2 Å². The third-order valence-corrected chi connectivity index (χ3v) is 6.06. The van der Waals surface area contributed by atoms with Crippen LogP contribution < -0.4 is 5.32 Å². The molecule has 1 amide bonds. The van der Waals surface area contributed by atoms with Crippen LogP contribution in [0.25, 0.3) is 15.9 Å². The highest BCUT2D eigenvalue weighted by Gasteiger charge is 2.15. The van der Waals surface area contributed by atoms with Crippen LogP contribution >= 0.6 is 23.1 Å². The van der Waals surface area contributed by atoms with Crippen molar-refractivity contribution in [3.63, 3.8) is 0 Å². The molecule has 0 aliphatic heterocycles. The molecule has 0 unspecified atom stereocenters. The summed E-state index contributed by atoms with van der Waals surface area (Å²) >= 11 is 2.85. The topological polar surface area (TPSA) is 72.7 Å². The van der Waals surface area contributed by atoms with Crippen molar-refractivity contribution >= 4 is 44.4 Å². The van der Waals surface area contributed by atoms with Crippen molar-refractivity contribution in [2.75, 3.05) is 11.1 Å². The molecule has 28 heavy (non-hydrogen) atoms. The molecule has 2 aromatic carbocycles. The number of carbonyl (C=O) groups is 1. The van der Waals surface area contributed by atoms with Gasteiger partial charge in [0.15, 0.2) is 10.3 Å². The number of aryl methyl sites for hydroxylation is 3. The zero-order chi connectivity index (χ0) is 19.7. The number of carbonyl (C=O) groups excluding carboxylic acids is 1. The van der Waals surface area contributed by atoms with Crippen molar-refractivity contribution in [2.45, 2.75) is 25.9 Å². The van der Waals surface area contributed by atoms with Crippen LogP contribution in [0.4, 0.5) is 5.13 Å². The van der Waals surface area contributed by atoms with E-state index in [0.717, 1.165) is 27.3 Å². The van der Waals surface area contributed by atoms with Crippen LogP contribution in [-0.4, -0.2) is 31.4 Å². The predicted octanol–water partition coefficient (Wildman–Crippen LogP) is 4.53. The SMILES string of the molecule is Cc1cc(C)c2nc(NC(=O)CSc3nnc(C)n3-c3ccccc3)sc2c1. The van der Waals surface area contributed by atoms with E-state index in [0.29, 0.717) is 10.3 Å². The number of nitrogens with one attached hydrogen (secondary N) is 1. The molecule has 6 nitrogen and oxygen atoms in total. The molecule has 0 saturated carbocycles. The molecule has 0 spiro atoms. The van der Waals surface area contributed by atoms with E-state index < -0.39 is 0 Å². The number of hydrogen-bond acceptors (Lipinski definition) is 6. The van der Waals surface area contributed by atoms with Crippen molar-refractivity contribution in [3.05, 3.63) is 59.4 Å². The average Bonchev–Trinajstić information content (AvgIpc) is 3.23. The van der Waals surface area contributed by atoms with Crippen LogP contribution in [0.15, 0.2) is 47.6 Å². The zero-order valence-electron chi connectivity index (χ0n) is 15.8. The van der Waals surface area contributed by atoms with Crippen molar-refractivity contribution in [1.29, 1.82) is 0 Å². The maximum atomic E-state index is 12.4. The van der Waals surface area contributed by atoms with Crippen LogP contribution in [0.3, 0.4) is 0 Å². The molecule has 4 aromatic rings. The van der Waals surface area contributed by atoms with E-state index in [1.54, 1.807) is 0 Å². The van der Waals surface area contributed by atoms with Gasteiger partial charge in [0, 0.05) is 5.69 Å². The molecule has 142 valence electrons. The normalized spacial score (nSPS) is 11.1. The van der Waals surface area contributed by atoms with Gasteiger partial charge in [-0.1, -0.05) is 47.4 Å². The van der Waals surface area contributed by atoms with Gasteiger partial charge in [0.05, 0.1) is 16.0 Å². The number of nitrogens with zero attached hydrogens (tertiary/aromatic N) is 4. The van der Waals surface area contributed by atoms with Crippen LogP contribution in [0.1, 0.15) is 17.0 Å². The zero-order valence-corrected chi connectivity index (χ0v) is 17.4. The van der Waals surface area contributed by atoms with Crippen molar-refractivity contribution in [1.82, 2.24) is 19.7 Å². The molecule has 0 atom stereocenters. The van der Waals surface area contributed by atoms with E-state index in [-0.39, 0.29) is 11.7 Å². The maximum absolute atomic E-state index is 12.4. The van der Waals surface area contributed by atoms with Gasteiger partial charge in [0.25, 0.3) is 0 Å². The first-order valence-electron chi connectivity index (χ1n) is 8.79. The van der Waals surface area contributed by atoms with Crippen LogP contribution in [0, 0.1) is 20.8 Å². The molecule has 2 heterocycles.